The molecule has 0 radical (unpaired) electrons. The Morgan fingerprint density at radius 3 is 2.85 bits per heavy atom. The molecule has 1 saturated heterocycles. The van der Waals surface area contributed by atoms with Crippen molar-refractivity contribution in [1.82, 2.24) is 9.88 Å². The molecule has 1 unspecified atom stereocenters. The maximum absolute atomic E-state index is 13.9. The number of halogens is 1. The highest BCUT2D eigenvalue weighted by atomic mass is 19.1. The first-order chi connectivity index (χ1) is 13.1. The largest absolute Gasteiger partial charge is 0.375 e. The molecule has 27 heavy (non-hydrogen) atoms. The number of carbonyl (C=O) groups is 1. The second-order valence-electron chi connectivity index (χ2n) is 7.06. The SMILES string of the molecule is CC1CN(C(=O)CCc2c(-c3ccccc3)[nH]c3ccc(F)cc23)CCO1. The molecule has 0 spiro atoms. The molecule has 0 aliphatic carbocycles. The second-order valence-corrected chi connectivity index (χ2v) is 7.06. The molecule has 2 heterocycles. The van der Waals surface area contributed by atoms with Crippen LogP contribution in [0.1, 0.15) is 18.9 Å². The average molecular weight is 366 g/mol. The van der Waals surface area contributed by atoms with Crippen molar-refractivity contribution in [3.05, 3.63) is 59.9 Å². The summed E-state index contributed by atoms with van der Waals surface area (Å²) in [4.78, 5) is 17.9. The highest BCUT2D eigenvalue weighted by Crippen LogP contribution is 2.32. The first-order valence-corrected chi connectivity index (χ1v) is 9.36. The molecule has 1 amide bonds. The Bertz CT molecular complexity index is 952. The summed E-state index contributed by atoms with van der Waals surface area (Å²) in [5, 5.41) is 0.844. The van der Waals surface area contributed by atoms with Gasteiger partial charge in [0.15, 0.2) is 0 Å². The van der Waals surface area contributed by atoms with Crippen LogP contribution in [0.15, 0.2) is 48.5 Å². The summed E-state index contributed by atoms with van der Waals surface area (Å²) >= 11 is 0. The number of morpholine rings is 1. The third-order valence-corrected chi connectivity index (χ3v) is 5.11. The van der Waals surface area contributed by atoms with E-state index in [0.717, 1.165) is 27.7 Å². The molecule has 0 saturated carbocycles. The van der Waals surface area contributed by atoms with Gasteiger partial charge in [-0.2, -0.15) is 0 Å². The van der Waals surface area contributed by atoms with Crippen LogP contribution in [-0.2, 0) is 16.0 Å². The fraction of sp³-hybridized carbons (Fsp3) is 0.318. The molecule has 3 aromatic rings. The van der Waals surface area contributed by atoms with Gasteiger partial charge >= 0.3 is 0 Å². The number of carbonyl (C=O) groups excluding carboxylic acids is 1. The zero-order valence-electron chi connectivity index (χ0n) is 15.4. The van der Waals surface area contributed by atoms with Crippen molar-refractivity contribution in [2.45, 2.75) is 25.9 Å². The van der Waals surface area contributed by atoms with Crippen LogP contribution in [0.5, 0.6) is 0 Å². The van der Waals surface area contributed by atoms with Gasteiger partial charge in [-0.15, -0.1) is 0 Å². The molecule has 1 aliphatic rings. The van der Waals surface area contributed by atoms with Gasteiger partial charge in [0, 0.05) is 36.1 Å². The zero-order chi connectivity index (χ0) is 18.8. The summed E-state index contributed by atoms with van der Waals surface area (Å²) in [6.45, 7) is 3.83. The van der Waals surface area contributed by atoms with E-state index in [9.17, 15) is 9.18 Å². The Hall–Kier alpha value is -2.66. The number of hydrogen-bond acceptors (Lipinski definition) is 2. The quantitative estimate of drug-likeness (QED) is 0.754. The fourth-order valence-corrected chi connectivity index (χ4v) is 3.77. The third kappa shape index (κ3) is 3.74. The lowest BCUT2D eigenvalue weighted by Gasteiger charge is -2.31. The standard InChI is InChI=1S/C22H23FN2O2/c1-15-14-25(11-12-27-15)21(26)10-8-18-19-13-17(23)7-9-20(19)24-22(18)16-5-3-2-4-6-16/h2-7,9,13,15,24H,8,10-12,14H2,1H3. The molecular formula is C22H23FN2O2. The van der Waals surface area contributed by atoms with Crippen LogP contribution in [0.25, 0.3) is 22.2 Å². The summed E-state index contributed by atoms with van der Waals surface area (Å²) in [6, 6.07) is 14.7. The van der Waals surface area contributed by atoms with Gasteiger partial charge in [0.25, 0.3) is 0 Å². The molecule has 140 valence electrons. The number of nitrogens with one attached hydrogen (secondary N) is 1. The topological polar surface area (TPSA) is 45.3 Å². The van der Waals surface area contributed by atoms with E-state index in [1.54, 1.807) is 12.1 Å². The summed E-state index contributed by atoms with van der Waals surface area (Å²) in [5.41, 5.74) is 3.87. The van der Waals surface area contributed by atoms with Gasteiger partial charge in [-0.25, -0.2) is 4.39 Å². The van der Waals surface area contributed by atoms with E-state index in [1.807, 2.05) is 42.2 Å². The molecule has 1 atom stereocenters. The van der Waals surface area contributed by atoms with Crippen molar-refractivity contribution in [1.29, 1.82) is 0 Å². The van der Waals surface area contributed by atoms with E-state index in [1.165, 1.54) is 6.07 Å². The van der Waals surface area contributed by atoms with Crippen LogP contribution >= 0.6 is 0 Å². The highest BCUT2D eigenvalue weighted by Gasteiger charge is 2.22. The van der Waals surface area contributed by atoms with Crippen molar-refractivity contribution >= 4 is 16.8 Å². The van der Waals surface area contributed by atoms with E-state index in [0.29, 0.717) is 32.5 Å². The predicted octanol–water partition coefficient (Wildman–Crippen LogP) is 4.15. The molecule has 0 bridgehead atoms. The van der Waals surface area contributed by atoms with Crippen molar-refractivity contribution < 1.29 is 13.9 Å². The van der Waals surface area contributed by atoms with Crippen molar-refractivity contribution in [2.75, 3.05) is 19.7 Å². The molecule has 1 fully saturated rings. The smallest absolute Gasteiger partial charge is 0.223 e. The Morgan fingerprint density at radius 2 is 2.07 bits per heavy atom. The van der Waals surface area contributed by atoms with Crippen molar-refractivity contribution in [3.63, 3.8) is 0 Å². The molecule has 1 aromatic heterocycles. The maximum Gasteiger partial charge on any atom is 0.223 e. The van der Waals surface area contributed by atoms with Gasteiger partial charge in [-0.3, -0.25) is 4.79 Å². The van der Waals surface area contributed by atoms with Gasteiger partial charge in [-0.05, 0) is 42.7 Å². The summed E-state index contributed by atoms with van der Waals surface area (Å²) in [7, 11) is 0. The number of aromatic amines is 1. The Kier molecular flexibility index (Phi) is 4.94. The van der Waals surface area contributed by atoms with Crippen LogP contribution < -0.4 is 0 Å². The van der Waals surface area contributed by atoms with E-state index < -0.39 is 0 Å². The molecule has 4 rings (SSSR count). The Morgan fingerprint density at radius 1 is 1.26 bits per heavy atom. The predicted molar refractivity (Wildman–Crippen MR) is 104 cm³/mol. The molecular weight excluding hydrogens is 343 g/mol. The minimum Gasteiger partial charge on any atom is -0.375 e. The zero-order valence-corrected chi connectivity index (χ0v) is 15.4. The third-order valence-electron chi connectivity index (χ3n) is 5.11. The lowest BCUT2D eigenvalue weighted by Crippen LogP contribution is -2.44. The van der Waals surface area contributed by atoms with E-state index in [2.05, 4.69) is 4.98 Å². The summed E-state index contributed by atoms with van der Waals surface area (Å²) in [5.74, 6) is -0.148. The van der Waals surface area contributed by atoms with E-state index in [-0.39, 0.29) is 17.8 Å². The van der Waals surface area contributed by atoms with Crippen LogP contribution in [0.2, 0.25) is 0 Å². The molecule has 1 N–H and O–H groups in total. The number of hydrogen-bond donors (Lipinski definition) is 1. The van der Waals surface area contributed by atoms with Gasteiger partial charge < -0.3 is 14.6 Å². The number of benzene rings is 2. The number of amides is 1. The van der Waals surface area contributed by atoms with Crippen LogP contribution in [-0.4, -0.2) is 41.6 Å². The van der Waals surface area contributed by atoms with Crippen molar-refractivity contribution in [3.8, 4) is 11.3 Å². The number of H-pyrrole nitrogens is 1. The maximum atomic E-state index is 13.9. The van der Waals surface area contributed by atoms with Crippen LogP contribution in [0, 0.1) is 5.82 Å². The number of fused-ring (bicyclic) bond motifs is 1. The second kappa shape index (κ2) is 7.53. The van der Waals surface area contributed by atoms with Crippen LogP contribution in [0.3, 0.4) is 0 Å². The number of ether oxygens (including phenoxy) is 1. The average Bonchev–Trinajstić information content (AvgIpc) is 3.04. The number of nitrogens with zero attached hydrogens (tertiary/aromatic N) is 1. The monoisotopic (exact) mass is 366 g/mol. The fourth-order valence-electron chi connectivity index (χ4n) is 3.77. The number of aromatic nitrogens is 1. The molecule has 2 aromatic carbocycles. The first kappa shape index (κ1) is 17.7. The van der Waals surface area contributed by atoms with Gasteiger partial charge in [0.2, 0.25) is 5.91 Å². The lowest BCUT2D eigenvalue weighted by molar-refractivity contribution is -0.138. The lowest BCUT2D eigenvalue weighted by atomic mass is 10.0. The van der Waals surface area contributed by atoms with E-state index >= 15 is 0 Å². The normalized spacial score (nSPS) is 17.4. The molecule has 4 nitrogen and oxygen atoms in total. The Labute approximate surface area is 157 Å². The summed E-state index contributed by atoms with van der Waals surface area (Å²) < 4.78 is 19.4. The molecule has 5 heteroatoms. The minimum atomic E-state index is -0.268. The van der Waals surface area contributed by atoms with Gasteiger partial charge in [-0.1, -0.05) is 30.3 Å². The minimum absolute atomic E-state index is 0.0739. The van der Waals surface area contributed by atoms with Gasteiger partial charge in [0.05, 0.1) is 12.7 Å². The number of aryl methyl sites for hydroxylation is 1. The highest BCUT2D eigenvalue weighted by molar-refractivity contribution is 5.91. The first-order valence-electron chi connectivity index (χ1n) is 9.36. The van der Waals surface area contributed by atoms with Crippen molar-refractivity contribution in [2.24, 2.45) is 0 Å². The van der Waals surface area contributed by atoms with Crippen LogP contribution in [0.4, 0.5) is 4.39 Å². The van der Waals surface area contributed by atoms with E-state index in [4.69, 9.17) is 4.74 Å². The van der Waals surface area contributed by atoms with Gasteiger partial charge in [0.1, 0.15) is 5.82 Å². The summed E-state index contributed by atoms with van der Waals surface area (Å²) in [6.07, 6.45) is 1.04. The Balaban J connectivity index is 1.63. The number of rotatable bonds is 4. The molecule has 1 aliphatic heterocycles.